The molecule has 0 unspecified atom stereocenters. The number of rotatable bonds is 5. The number of nitrogens with one attached hydrogen (secondary N) is 1. The predicted octanol–water partition coefficient (Wildman–Crippen LogP) is 2.71. The third-order valence-corrected chi connectivity index (χ3v) is 4.25. The molecular weight excluding hydrogens is 248 g/mol. The molecule has 1 aromatic rings. The lowest BCUT2D eigenvalue weighted by atomic mass is 9.99. The van der Waals surface area contributed by atoms with E-state index in [1.165, 1.54) is 24.2 Å². The summed E-state index contributed by atoms with van der Waals surface area (Å²) in [7, 11) is 2.08. The zero-order chi connectivity index (χ0) is 14.7. The summed E-state index contributed by atoms with van der Waals surface area (Å²) in [6.07, 6.45) is 2.59. The van der Waals surface area contributed by atoms with Crippen LogP contribution < -0.4 is 10.2 Å². The molecule has 2 heterocycles. The molecule has 4 nitrogen and oxygen atoms in total. The first-order valence-electron chi connectivity index (χ1n) is 7.97. The van der Waals surface area contributed by atoms with Crippen molar-refractivity contribution in [2.75, 3.05) is 24.5 Å². The van der Waals surface area contributed by atoms with Gasteiger partial charge in [0.25, 0.3) is 0 Å². The van der Waals surface area contributed by atoms with Crippen LogP contribution in [0.4, 0.5) is 5.82 Å². The van der Waals surface area contributed by atoms with Crippen LogP contribution in [0.2, 0.25) is 0 Å². The van der Waals surface area contributed by atoms with E-state index in [1.807, 2.05) is 0 Å². The quantitative estimate of drug-likeness (QED) is 0.899. The molecule has 114 valence electrons. The maximum atomic E-state index is 4.64. The second kappa shape index (κ2) is 6.61. The van der Waals surface area contributed by atoms with Crippen LogP contribution in [0, 0.1) is 18.8 Å². The number of hydrogen-bond acceptors (Lipinski definition) is 3. The van der Waals surface area contributed by atoms with Gasteiger partial charge in [0.15, 0.2) is 0 Å². The minimum atomic E-state index is 0.686. The minimum absolute atomic E-state index is 0.686. The molecule has 0 aliphatic carbocycles. The molecule has 2 rings (SSSR count). The molecule has 0 spiro atoms. The summed E-state index contributed by atoms with van der Waals surface area (Å²) in [5, 5.41) is 8.20. The van der Waals surface area contributed by atoms with Crippen LogP contribution in [0.1, 0.15) is 44.9 Å². The Kier molecular flexibility index (Phi) is 5.08. The van der Waals surface area contributed by atoms with E-state index in [-0.39, 0.29) is 0 Å². The fourth-order valence-electron chi connectivity index (χ4n) is 3.00. The first kappa shape index (κ1) is 15.4. The molecule has 0 bridgehead atoms. The largest absolute Gasteiger partial charge is 0.357 e. The van der Waals surface area contributed by atoms with Crippen molar-refractivity contribution in [3.8, 4) is 0 Å². The van der Waals surface area contributed by atoms with Crippen LogP contribution in [0.3, 0.4) is 0 Å². The van der Waals surface area contributed by atoms with Crippen molar-refractivity contribution in [2.24, 2.45) is 18.9 Å². The maximum absolute atomic E-state index is 4.64. The van der Waals surface area contributed by atoms with E-state index >= 15 is 0 Å². The van der Waals surface area contributed by atoms with Gasteiger partial charge in [-0.1, -0.05) is 20.8 Å². The van der Waals surface area contributed by atoms with E-state index in [4.69, 9.17) is 0 Å². The Bertz CT molecular complexity index is 428. The number of piperidine rings is 1. The molecule has 1 N–H and O–H groups in total. The van der Waals surface area contributed by atoms with Crippen LogP contribution in [-0.2, 0) is 13.6 Å². The van der Waals surface area contributed by atoms with Crippen LogP contribution in [0.25, 0.3) is 0 Å². The number of anilines is 1. The Morgan fingerprint density at radius 2 is 1.95 bits per heavy atom. The fourth-order valence-corrected chi connectivity index (χ4v) is 3.00. The summed E-state index contributed by atoms with van der Waals surface area (Å²) < 4.78 is 2.07. The normalized spacial score (nSPS) is 17.2. The summed E-state index contributed by atoms with van der Waals surface area (Å²) in [5.74, 6) is 2.88. The van der Waals surface area contributed by atoms with Crippen molar-refractivity contribution < 1.29 is 0 Å². The van der Waals surface area contributed by atoms with Crippen molar-refractivity contribution in [1.29, 1.82) is 0 Å². The molecule has 20 heavy (non-hydrogen) atoms. The topological polar surface area (TPSA) is 33.1 Å². The number of hydrogen-bond donors (Lipinski definition) is 1. The molecule has 0 saturated carbocycles. The second-order valence-electron chi connectivity index (χ2n) is 6.71. The molecule has 0 radical (unpaired) electrons. The first-order valence-corrected chi connectivity index (χ1v) is 7.97. The fraction of sp³-hybridized carbons (Fsp3) is 0.812. The average Bonchev–Trinajstić information content (AvgIpc) is 2.65. The molecule has 1 saturated heterocycles. The molecule has 4 heteroatoms. The Morgan fingerprint density at radius 1 is 1.30 bits per heavy atom. The standard InChI is InChI=1S/C16H30N4/c1-12(2)10-17-11-15-14(4)18-19(5)16(15)20-8-6-13(3)7-9-20/h12-13,17H,6-11H2,1-5H3. The summed E-state index contributed by atoms with van der Waals surface area (Å²) >= 11 is 0. The van der Waals surface area contributed by atoms with Crippen molar-refractivity contribution >= 4 is 5.82 Å². The lowest BCUT2D eigenvalue weighted by Gasteiger charge is -2.32. The molecule has 0 amide bonds. The Morgan fingerprint density at radius 3 is 2.55 bits per heavy atom. The molecule has 1 aromatic heterocycles. The Balaban J connectivity index is 2.10. The highest BCUT2D eigenvalue weighted by molar-refractivity contribution is 5.50. The SMILES string of the molecule is Cc1nn(C)c(N2CCC(C)CC2)c1CNCC(C)C. The molecular formula is C16H30N4. The van der Waals surface area contributed by atoms with Gasteiger partial charge in [0.1, 0.15) is 5.82 Å². The minimum Gasteiger partial charge on any atom is -0.357 e. The highest BCUT2D eigenvalue weighted by Crippen LogP contribution is 2.27. The molecule has 0 atom stereocenters. The van der Waals surface area contributed by atoms with Gasteiger partial charge < -0.3 is 10.2 Å². The lowest BCUT2D eigenvalue weighted by molar-refractivity contribution is 0.432. The number of nitrogens with zero attached hydrogens (tertiary/aromatic N) is 3. The van der Waals surface area contributed by atoms with E-state index < -0.39 is 0 Å². The van der Waals surface area contributed by atoms with Crippen LogP contribution >= 0.6 is 0 Å². The monoisotopic (exact) mass is 278 g/mol. The molecule has 0 aromatic carbocycles. The van der Waals surface area contributed by atoms with Gasteiger partial charge in [-0.05, 0) is 38.1 Å². The van der Waals surface area contributed by atoms with Crippen molar-refractivity contribution in [1.82, 2.24) is 15.1 Å². The summed E-state index contributed by atoms with van der Waals surface area (Å²) in [6, 6.07) is 0. The Labute approximate surface area is 123 Å². The van der Waals surface area contributed by atoms with E-state index in [1.54, 1.807) is 0 Å². The molecule has 1 aliphatic rings. The third-order valence-electron chi connectivity index (χ3n) is 4.25. The zero-order valence-corrected chi connectivity index (χ0v) is 13.7. The lowest BCUT2D eigenvalue weighted by Crippen LogP contribution is -2.35. The van der Waals surface area contributed by atoms with E-state index in [0.717, 1.165) is 37.8 Å². The van der Waals surface area contributed by atoms with E-state index in [9.17, 15) is 0 Å². The highest BCUT2D eigenvalue weighted by atomic mass is 15.4. The van der Waals surface area contributed by atoms with Crippen LogP contribution in [0.15, 0.2) is 0 Å². The van der Waals surface area contributed by atoms with Crippen molar-refractivity contribution in [3.63, 3.8) is 0 Å². The summed E-state index contributed by atoms with van der Waals surface area (Å²) in [6.45, 7) is 13.3. The average molecular weight is 278 g/mol. The number of aryl methyl sites for hydroxylation is 2. The van der Waals surface area contributed by atoms with Gasteiger partial charge in [-0.25, -0.2) is 0 Å². The van der Waals surface area contributed by atoms with Crippen LogP contribution in [-0.4, -0.2) is 29.4 Å². The van der Waals surface area contributed by atoms with Gasteiger partial charge in [-0.2, -0.15) is 5.10 Å². The maximum Gasteiger partial charge on any atom is 0.131 e. The number of aromatic nitrogens is 2. The molecule has 1 fully saturated rings. The van der Waals surface area contributed by atoms with Gasteiger partial charge >= 0.3 is 0 Å². The summed E-state index contributed by atoms with van der Waals surface area (Å²) in [5.41, 5.74) is 2.54. The predicted molar refractivity (Wildman–Crippen MR) is 85.1 cm³/mol. The van der Waals surface area contributed by atoms with Crippen molar-refractivity contribution in [3.05, 3.63) is 11.3 Å². The molecule has 1 aliphatic heterocycles. The van der Waals surface area contributed by atoms with E-state index in [2.05, 4.69) is 54.7 Å². The van der Waals surface area contributed by atoms with Gasteiger partial charge in [0, 0.05) is 32.2 Å². The van der Waals surface area contributed by atoms with Gasteiger partial charge in [0.05, 0.1) is 5.69 Å². The Hall–Kier alpha value is -1.03. The first-order chi connectivity index (χ1) is 9.49. The van der Waals surface area contributed by atoms with Gasteiger partial charge in [-0.15, -0.1) is 0 Å². The van der Waals surface area contributed by atoms with Gasteiger partial charge in [0.2, 0.25) is 0 Å². The smallest absolute Gasteiger partial charge is 0.131 e. The second-order valence-corrected chi connectivity index (χ2v) is 6.71. The third kappa shape index (κ3) is 3.54. The summed E-state index contributed by atoms with van der Waals surface area (Å²) in [4.78, 5) is 2.52. The van der Waals surface area contributed by atoms with Crippen molar-refractivity contribution in [2.45, 2.75) is 47.1 Å². The van der Waals surface area contributed by atoms with Gasteiger partial charge in [-0.3, -0.25) is 4.68 Å². The zero-order valence-electron chi connectivity index (χ0n) is 13.7. The van der Waals surface area contributed by atoms with E-state index in [0.29, 0.717) is 5.92 Å². The van der Waals surface area contributed by atoms with Crippen LogP contribution in [0.5, 0.6) is 0 Å². The highest BCUT2D eigenvalue weighted by Gasteiger charge is 2.22.